The number of carbonyl (C=O) groups excluding carboxylic acids is 2. The number of carbonyl (C=O) groups is 2. The van der Waals surface area contributed by atoms with Gasteiger partial charge in [0.1, 0.15) is 36.2 Å². The molecule has 3 rings (SSSR count). The van der Waals surface area contributed by atoms with Gasteiger partial charge < -0.3 is 19.5 Å². The Hall–Kier alpha value is -3.68. The molecule has 35 heavy (non-hydrogen) atoms. The Morgan fingerprint density at radius 1 is 0.857 bits per heavy atom. The second kappa shape index (κ2) is 10.7. The van der Waals surface area contributed by atoms with Crippen molar-refractivity contribution in [3.05, 3.63) is 88.3 Å². The van der Waals surface area contributed by atoms with Gasteiger partial charge in [-0.1, -0.05) is 24.3 Å². The molecular weight excluding hydrogens is 456 g/mol. The summed E-state index contributed by atoms with van der Waals surface area (Å²) >= 11 is 0. The number of halogens is 2. The van der Waals surface area contributed by atoms with E-state index in [1.807, 2.05) is 18.2 Å². The van der Waals surface area contributed by atoms with Crippen molar-refractivity contribution in [2.75, 3.05) is 13.2 Å². The number of esters is 2. The standard InChI is InChI=1S/C27H29F2NO5/c1-16-21(25(31)34-15-14-33-18-10-7-6-8-11-18)24(23-19(28)12-9-13-20(23)29)22(17(2)30-16)26(32)35-27(3,4)5/h6-13,24,30H,14-15H2,1-5H3. The van der Waals surface area contributed by atoms with Crippen molar-refractivity contribution >= 4 is 11.9 Å². The molecule has 8 heteroatoms. The van der Waals surface area contributed by atoms with Gasteiger partial charge in [-0.2, -0.15) is 0 Å². The van der Waals surface area contributed by atoms with Crippen LogP contribution in [0.2, 0.25) is 0 Å². The second-order valence-corrected chi connectivity index (χ2v) is 9.07. The number of rotatable bonds is 7. The summed E-state index contributed by atoms with van der Waals surface area (Å²) in [6.07, 6.45) is 0. The van der Waals surface area contributed by atoms with Crippen molar-refractivity contribution in [1.82, 2.24) is 5.32 Å². The minimum atomic E-state index is -1.37. The Bertz CT molecular complexity index is 1150. The third-order valence-corrected chi connectivity index (χ3v) is 5.22. The van der Waals surface area contributed by atoms with Crippen molar-refractivity contribution in [2.45, 2.75) is 46.1 Å². The first-order valence-electron chi connectivity index (χ1n) is 11.2. The molecule has 0 saturated carbocycles. The van der Waals surface area contributed by atoms with Crippen LogP contribution in [-0.2, 0) is 19.1 Å². The summed E-state index contributed by atoms with van der Waals surface area (Å²) in [6, 6.07) is 12.4. The Morgan fingerprint density at radius 3 is 2.00 bits per heavy atom. The molecule has 2 aromatic rings. The maximum atomic E-state index is 15.0. The Kier molecular flexibility index (Phi) is 7.94. The van der Waals surface area contributed by atoms with E-state index in [4.69, 9.17) is 14.2 Å². The summed E-state index contributed by atoms with van der Waals surface area (Å²) in [6.45, 7) is 8.17. The first-order chi connectivity index (χ1) is 16.5. The Balaban J connectivity index is 1.94. The smallest absolute Gasteiger partial charge is 0.337 e. The fraction of sp³-hybridized carbons (Fsp3) is 0.333. The number of para-hydroxylation sites is 1. The van der Waals surface area contributed by atoms with E-state index in [0.29, 0.717) is 17.1 Å². The fourth-order valence-corrected chi connectivity index (χ4v) is 3.83. The van der Waals surface area contributed by atoms with Crippen molar-refractivity contribution in [3.8, 4) is 5.75 Å². The number of allylic oxidation sites excluding steroid dienone is 2. The van der Waals surface area contributed by atoms with E-state index in [2.05, 4.69) is 5.32 Å². The zero-order valence-corrected chi connectivity index (χ0v) is 20.4. The van der Waals surface area contributed by atoms with Crippen LogP contribution in [0, 0.1) is 11.6 Å². The lowest BCUT2D eigenvalue weighted by Crippen LogP contribution is -2.35. The van der Waals surface area contributed by atoms with Crippen molar-refractivity contribution < 1.29 is 32.6 Å². The highest BCUT2D eigenvalue weighted by atomic mass is 19.1. The van der Waals surface area contributed by atoms with Gasteiger partial charge in [-0.05, 0) is 58.9 Å². The molecule has 6 nitrogen and oxygen atoms in total. The normalized spacial score (nSPS) is 16.0. The van der Waals surface area contributed by atoms with Crippen LogP contribution in [0.15, 0.2) is 71.1 Å². The molecule has 1 aliphatic rings. The van der Waals surface area contributed by atoms with Gasteiger partial charge in [-0.25, -0.2) is 18.4 Å². The highest BCUT2D eigenvalue weighted by molar-refractivity contribution is 6.00. The van der Waals surface area contributed by atoms with E-state index in [1.165, 1.54) is 6.07 Å². The van der Waals surface area contributed by atoms with Gasteiger partial charge in [-0.3, -0.25) is 0 Å². The van der Waals surface area contributed by atoms with Crippen molar-refractivity contribution in [1.29, 1.82) is 0 Å². The Labute approximate surface area is 203 Å². The summed E-state index contributed by atoms with van der Waals surface area (Å²) in [4.78, 5) is 26.4. The van der Waals surface area contributed by atoms with Crippen molar-refractivity contribution in [3.63, 3.8) is 0 Å². The van der Waals surface area contributed by atoms with Gasteiger partial charge >= 0.3 is 11.9 Å². The molecule has 1 N–H and O–H groups in total. The molecule has 0 radical (unpaired) electrons. The summed E-state index contributed by atoms with van der Waals surface area (Å²) < 4.78 is 46.4. The number of dihydropyridines is 1. The number of benzene rings is 2. The van der Waals surface area contributed by atoms with Gasteiger partial charge in [0, 0.05) is 17.0 Å². The van der Waals surface area contributed by atoms with Crippen LogP contribution in [0.1, 0.15) is 46.1 Å². The third-order valence-electron chi connectivity index (χ3n) is 5.22. The predicted molar refractivity (Wildman–Crippen MR) is 126 cm³/mol. The topological polar surface area (TPSA) is 73.9 Å². The number of hydrogen-bond donors (Lipinski definition) is 1. The zero-order valence-electron chi connectivity index (χ0n) is 20.4. The summed E-state index contributed by atoms with van der Waals surface area (Å²) in [7, 11) is 0. The summed E-state index contributed by atoms with van der Waals surface area (Å²) in [5.41, 5.74) is -0.804. The molecule has 1 heterocycles. The van der Waals surface area contributed by atoms with Gasteiger partial charge in [0.15, 0.2) is 0 Å². The van der Waals surface area contributed by atoms with Gasteiger partial charge in [-0.15, -0.1) is 0 Å². The van der Waals surface area contributed by atoms with Crippen LogP contribution in [0.5, 0.6) is 5.75 Å². The molecule has 0 amide bonds. The molecule has 0 bridgehead atoms. The maximum Gasteiger partial charge on any atom is 0.337 e. The second-order valence-electron chi connectivity index (χ2n) is 9.07. The van der Waals surface area contributed by atoms with Crippen LogP contribution < -0.4 is 10.1 Å². The first kappa shape index (κ1) is 25.9. The highest BCUT2D eigenvalue weighted by Gasteiger charge is 2.41. The van der Waals surface area contributed by atoms with Gasteiger partial charge in [0.2, 0.25) is 0 Å². The summed E-state index contributed by atoms with van der Waals surface area (Å²) in [5, 5.41) is 2.96. The van der Waals surface area contributed by atoms with E-state index in [1.54, 1.807) is 46.8 Å². The van der Waals surface area contributed by atoms with Crippen LogP contribution in [0.4, 0.5) is 8.78 Å². The molecule has 0 aromatic heterocycles. The van der Waals surface area contributed by atoms with Crippen LogP contribution in [0.25, 0.3) is 0 Å². The minimum Gasteiger partial charge on any atom is -0.490 e. The van der Waals surface area contributed by atoms with E-state index < -0.39 is 40.7 Å². The van der Waals surface area contributed by atoms with Crippen LogP contribution in [0.3, 0.4) is 0 Å². The predicted octanol–water partition coefficient (Wildman–Crippen LogP) is 5.16. The maximum absolute atomic E-state index is 15.0. The average Bonchev–Trinajstić information content (AvgIpc) is 2.75. The lowest BCUT2D eigenvalue weighted by molar-refractivity contribution is -0.150. The van der Waals surface area contributed by atoms with Gasteiger partial charge in [0.05, 0.1) is 17.1 Å². The quantitative estimate of drug-likeness (QED) is 0.431. The van der Waals surface area contributed by atoms with Crippen LogP contribution >= 0.6 is 0 Å². The zero-order chi connectivity index (χ0) is 25.8. The molecule has 0 saturated heterocycles. The summed E-state index contributed by atoms with van der Waals surface area (Å²) in [5.74, 6) is -4.16. The molecule has 1 atom stereocenters. The Morgan fingerprint density at radius 2 is 1.43 bits per heavy atom. The molecular formula is C27H29F2NO5. The molecule has 2 aromatic carbocycles. The lowest BCUT2D eigenvalue weighted by Gasteiger charge is -2.32. The van der Waals surface area contributed by atoms with Gasteiger partial charge in [0.25, 0.3) is 0 Å². The number of ether oxygens (including phenoxy) is 3. The number of hydrogen-bond acceptors (Lipinski definition) is 6. The van der Waals surface area contributed by atoms with E-state index in [9.17, 15) is 18.4 Å². The van der Waals surface area contributed by atoms with Crippen molar-refractivity contribution in [2.24, 2.45) is 0 Å². The highest BCUT2D eigenvalue weighted by Crippen LogP contribution is 2.41. The molecule has 1 unspecified atom stereocenters. The number of nitrogens with one attached hydrogen (secondary N) is 1. The minimum absolute atomic E-state index is 0.0676. The third kappa shape index (κ3) is 6.26. The van der Waals surface area contributed by atoms with Crippen LogP contribution in [-0.4, -0.2) is 30.8 Å². The monoisotopic (exact) mass is 485 g/mol. The first-order valence-corrected chi connectivity index (χ1v) is 11.2. The average molecular weight is 486 g/mol. The molecule has 1 aliphatic heterocycles. The van der Waals surface area contributed by atoms with E-state index >= 15 is 0 Å². The largest absolute Gasteiger partial charge is 0.490 e. The molecule has 186 valence electrons. The SMILES string of the molecule is CC1=C(C(=O)OCCOc2ccccc2)C(c2c(F)cccc2F)C(C(=O)OC(C)(C)C)=C(C)N1. The lowest BCUT2D eigenvalue weighted by atomic mass is 9.80. The molecule has 0 aliphatic carbocycles. The fourth-order valence-electron chi connectivity index (χ4n) is 3.83. The van der Waals surface area contributed by atoms with E-state index in [-0.39, 0.29) is 24.4 Å². The molecule has 0 fully saturated rings. The van der Waals surface area contributed by atoms with E-state index in [0.717, 1.165) is 12.1 Å². The molecule has 0 spiro atoms.